The minimum Gasteiger partial charge on any atom is -0.383 e. The molecule has 0 bridgehead atoms. The molecule has 0 aromatic rings. The molecule has 0 saturated carbocycles. The number of nitrogens with zero attached hydrogens (tertiary/aromatic N) is 2. The van der Waals surface area contributed by atoms with Crippen molar-refractivity contribution < 1.29 is 4.74 Å². The van der Waals surface area contributed by atoms with E-state index in [0.29, 0.717) is 0 Å². The minimum absolute atomic E-state index is 0.0307. The Morgan fingerprint density at radius 1 is 1.28 bits per heavy atom. The molecule has 2 N–H and O–H groups in total. The number of nitrogens with one attached hydrogen (secondary N) is 2. The molecule has 0 aliphatic rings. The number of aliphatic imine (C=N–C) groups is 1. The Labute approximate surface area is 112 Å². The summed E-state index contributed by atoms with van der Waals surface area (Å²) in [5.74, 6) is 0.880. The van der Waals surface area contributed by atoms with Crippen LogP contribution in [0.25, 0.3) is 0 Å². The van der Waals surface area contributed by atoms with E-state index in [0.717, 1.165) is 38.7 Å². The van der Waals surface area contributed by atoms with E-state index < -0.39 is 0 Å². The smallest absolute Gasteiger partial charge is 0.191 e. The molecule has 0 saturated heterocycles. The highest BCUT2D eigenvalue weighted by atomic mass is 16.5. The number of ether oxygens (including phenoxy) is 1. The van der Waals surface area contributed by atoms with Crippen molar-refractivity contribution in [1.29, 1.82) is 0 Å². The van der Waals surface area contributed by atoms with Gasteiger partial charge in [-0.2, -0.15) is 0 Å². The highest BCUT2D eigenvalue weighted by molar-refractivity contribution is 5.80. The lowest BCUT2D eigenvalue weighted by Crippen LogP contribution is -2.47. The fourth-order valence-electron chi connectivity index (χ4n) is 1.35. The van der Waals surface area contributed by atoms with Crippen LogP contribution in [-0.4, -0.2) is 63.3 Å². The number of hydrogen-bond acceptors (Lipinski definition) is 3. The molecule has 0 atom stereocenters. The average Bonchev–Trinajstić information content (AvgIpc) is 2.24. The number of guanidine groups is 1. The van der Waals surface area contributed by atoms with Crippen LogP contribution in [0, 0.1) is 0 Å². The van der Waals surface area contributed by atoms with Crippen LogP contribution in [0.3, 0.4) is 0 Å². The summed E-state index contributed by atoms with van der Waals surface area (Å²) in [4.78, 5) is 6.77. The van der Waals surface area contributed by atoms with Crippen LogP contribution < -0.4 is 10.6 Å². The van der Waals surface area contributed by atoms with Gasteiger partial charge in [0, 0.05) is 32.3 Å². The summed E-state index contributed by atoms with van der Waals surface area (Å²) in [6.45, 7) is 12.8. The van der Waals surface area contributed by atoms with Crippen molar-refractivity contribution in [2.75, 3.05) is 46.9 Å². The highest BCUT2D eigenvalue weighted by Gasteiger charge is 2.11. The molecule has 0 radical (unpaired) electrons. The van der Waals surface area contributed by atoms with Gasteiger partial charge in [-0.25, -0.2) is 0 Å². The van der Waals surface area contributed by atoms with E-state index in [2.05, 4.69) is 55.3 Å². The van der Waals surface area contributed by atoms with Gasteiger partial charge in [0.15, 0.2) is 5.96 Å². The molecule has 0 spiro atoms. The Balaban J connectivity index is 4.07. The molecule has 0 rings (SSSR count). The Bertz CT molecular complexity index is 236. The predicted octanol–water partition coefficient (Wildman–Crippen LogP) is 0.918. The third kappa shape index (κ3) is 10.4. The average molecular weight is 258 g/mol. The summed E-state index contributed by atoms with van der Waals surface area (Å²) in [5, 5.41) is 6.62. The van der Waals surface area contributed by atoms with Crippen molar-refractivity contribution in [1.82, 2.24) is 15.5 Å². The Kier molecular flexibility index (Phi) is 8.75. The van der Waals surface area contributed by atoms with E-state index >= 15 is 0 Å². The molecule has 5 nitrogen and oxygen atoms in total. The monoisotopic (exact) mass is 258 g/mol. The quantitative estimate of drug-likeness (QED) is 0.526. The van der Waals surface area contributed by atoms with E-state index in [4.69, 9.17) is 4.74 Å². The van der Waals surface area contributed by atoms with Crippen molar-refractivity contribution in [3.05, 3.63) is 0 Å². The second-order valence-electron chi connectivity index (χ2n) is 5.43. The van der Waals surface area contributed by atoms with Crippen molar-refractivity contribution in [2.45, 2.75) is 33.2 Å². The summed E-state index contributed by atoms with van der Waals surface area (Å²) < 4.78 is 5.04. The molecule has 0 amide bonds. The third-order valence-corrected chi connectivity index (χ3v) is 2.27. The second kappa shape index (κ2) is 9.16. The summed E-state index contributed by atoms with van der Waals surface area (Å²) in [5.41, 5.74) is 0.0307. The maximum Gasteiger partial charge on any atom is 0.191 e. The first-order chi connectivity index (χ1) is 8.39. The van der Waals surface area contributed by atoms with Crippen LogP contribution in [0.5, 0.6) is 0 Å². The van der Waals surface area contributed by atoms with Crippen LogP contribution >= 0.6 is 0 Å². The van der Waals surface area contributed by atoms with Gasteiger partial charge in [0.05, 0.1) is 13.2 Å². The first kappa shape index (κ1) is 17.2. The lowest BCUT2D eigenvalue weighted by molar-refractivity contribution is 0.163. The molecule has 0 fully saturated rings. The van der Waals surface area contributed by atoms with E-state index in [1.165, 1.54) is 0 Å². The SMILES string of the molecule is CCNC(=NCCN(C)CCOC)NC(C)(C)C. The third-order valence-electron chi connectivity index (χ3n) is 2.27. The maximum atomic E-state index is 5.04. The zero-order chi connectivity index (χ0) is 14.0. The van der Waals surface area contributed by atoms with Crippen molar-refractivity contribution in [3.63, 3.8) is 0 Å². The van der Waals surface area contributed by atoms with Crippen LogP contribution in [0.1, 0.15) is 27.7 Å². The summed E-state index contributed by atoms with van der Waals surface area (Å²) in [6, 6.07) is 0. The number of likely N-dealkylation sites (N-methyl/N-ethyl adjacent to an activating group) is 1. The molecule has 108 valence electrons. The van der Waals surface area contributed by atoms with E-state index in [1.54, 1.807) is 7.11 Å². The number of methoxy groups -OCH3 is 1. The number of hydrogen-bond donors (Lipinski definition) is 2. The molecule has 0 unspecified atom stereocenters. The molecule has 0 aromatic carbocycles. The highest BCUT2D eigenvalue weighted by Crippen LogP contribution is 1.97. The second-order valence-corrected chi connectivity index (χ2v) is 5.43. The van der Waals surface area contributed by atoms with E-state index in [1.807, 2.05) is 0 Å². The van der Waals surface area contributed by atoms with Crippen molar-refractivity contribution >= 4 is 5.96 Å². The Morgan fingerprint density at radius 3 is 2.44 bits per heavy atom. The van der Waals surface area contributed by atoms with E-state index in [-0.39, 0.29) is 5.54 Å². The van der Waals surface area contributed by atoms with Gasteiger partial charge in [-0.3, -0.25) is 4.99 Å². The maximum absolute atomic E-state index is 5.04. The van der Waals surface area contributed by atoms with Crippen LogP contribution in [-0.2, 0) is 4.74 Å². The molecule has 0 aliphatic heterocycles. The summed E-state index contributed by atoms with van der Waals surface area (Å²) in [7, 11) is 3.81. The van der Waals surface area contributed by atoms with Gasteiger partial charge in [0.25, 0.3) is 0 Å². The first-order valence-electron chi connectivity index (χ1n) is 6.63. The van der Waals surface area contributed by atoms with Gasteiger partial charge in [0.1, 0.15) is 0 Å². The lowest BCUT2D eigenvalue weighted by atomic mass is 10.1. The largest absolute Gasteiger partial charge is 0.383 e. The van der Waals surface area contributed by atoms with Crippen molar-refractivity contribution in [2.24, 2.45) is 4.99 Å². The van der Waals surface area contributed by atoms with E-state index in [9.17, 15) is 0 Å². The fourth-order valence-corrected chi connectivity index (χ4v) is 1.35. The Hall–Kier alpha value is -0.810. The van der Waals surface area contributed by atoms with Gasteiger partial charge < -0.3 is 20.3 Å². The molecule has 0 heterocycles. The molecule has 5 heteroatoms. The minimum atomic E-state index is 0.0307. The normalized spacial score (nSPS) is 12.9. The first-order valence-corrected chi connectivity index (χ1v) is 6.63. The molecular weight excluding hydrogens is 228 g/mol. The summed E-state index contributed by atoms with van der Waals surface area (Å²) in [6.07, 6.45) is 0. The van der Waals surface area contributed by atoms with Gasteiger partial charge in [-0.1, -0.05) is 0 Å². The van der Waals surface area contributed by atoms with Crippen LogP contribution in [0.15, 0.2) is 4.99 Å². The predicted molar refractivity (Wildman–Crippen MR) is 78.2 cm³/mol. The zero-order valence-electron chi connectivity index (χ0n) is 12.8. The van der Waals surface area contributed by atoms with Gasteiger partial charge >= 0.3 is 0 Å². The topological polar surface area (TPSA) is 48.9 Å². The van der Waals surface area contributed by atoms with Gasteiger partial charge in [-0.05, 0) is 34.7 Å². The summed E-state index contributed by atoms with van der Waals surface area (Å²) >= 11 is 0. The van der Waals surface area contributed by atoms with Gasteiger partial charge in [-0.15, -0.1) is 0 Å². The standard InChI is InChI=1S/C13H30N4O/c1-7-14-12(16-13(2,3)4)15-8-9-17(5)10-11-18-6/h7-11H2,1-6H3,(H2,14,15,16). The molecule has 0 aromatic heterocycles. The Morgan fingerprint density at radius 2 is 1.94 bits per heavy atom. The van der Waals surface area contributed by atoms with Crippen LogP contribution in [0.2, 0.25) is 0 Å². The molecule has 0 aliphatic carbocycles. The molecule has 18 heavy (non-hydrogen) atoms. The van der Waals surface area contributed by atoms with Gasteiger partial charge in [0.2, 0.25) is 0 Å². The number of rotatable bonds is 7. The molecular formula is C13H30N4O. The van der Waals surface area contributed by atoms with Crippen LogP contribution in [0.4, 0.5) is 0 Å². The van der Waals surface area contributed by atoms with Crippen molar-refractivity contribution in [3.8, 4) is 0 Å². The lowest BCUT2D eigenvalue weighted by Gasteiger charge is -2.24. The zero-order valence-corrected chi connectivity index (χ0v) is 12.8. The fraction of sp³-hybridized carbons (Fsp3) is 0.923.